The molecule has 0 aliphatic carbocycles. The second-order valence-electron chi connectivity index (χ2n) is 5.74. The molecular formula is C17H27N3O4S2. The first-order chi connectivity index (χ1) is 12.3. The van der Waals surface area contributed by atoms with Gasteiger partial charge in [0.15, 0.2) is 5.11 Å². The summed E-state index contributed by atoms with van der Waals surface area (Å²) in [5, 5.41) is 6.99. The molecule has 0 saturated heterocycles. The van der Waals surface area contributed by atoms with Gasteiger partial charge in [0.2, 0.25) is 0 Å². The SMILES string of the molecule is CCOC(=O)c1sc(NC(=S)NCCCN(C)C)c(C(=O)OCC)c1C. The molecule has 26 heavy (non-hydrogen) atoms. The minimum absolute atomic E-state index is 0.246. The number of carbonyl (C=O) groups is 2. The Balaban J connectivity index is 2.93. The van der Waals surface area contributed by atoms with Crippen molar-refractivity contribution in [2.75, 3.05) is 45.7 Å². The number of hydrogen-bond donors (Lipinski definition) is 2. The molecule has 1 rings (SSSR count). The molecule has 1 aromatic rings. The first kappa shape index (κ1) is 22.3. The molecule has 9 heteroatoms. The molecule has 0 fully saturated rings. The lowest BCUT2D eigenvalue weighted by atomic mass is 10.1. The van der Waals surface area contributed by atoms with Crippen LogP contribution in [0.4, 0.5) is 5.00 Å². The smallest absolute Gasteiger partial charge is 0.348 e. The number of thiocarbonyl (C=S) groups is 1. The topological polar surface area (TPSA) is 79.9 Å². The van der Waals surface area contributed by atoms with Crippen LogP contribution in [0, 0.1) is 6.92 Å². The molecule has 0 aliphatic heterocycles. The van der Waals surface area contributed by atoms with Gasteiger partial charge in [-0.1, -0.05) is 0 Å². The maximum absolute atomic E-state index is 12.3. The number of esters is 2. The first-order valence-corrected chi connectivity index (χ1v) is 9.71. The molecule has 7 nitrogen and oxygen atoms in total. The van der Waals surface area contributed by atoms with Crippen LogP contribution < -0.4 is 10.6 Å². The molecule has 0 aromatic carbocycles. The monoisotopic (exact) mass is 401 g/mol. The minimum Gasteiger partial charge on any atom is -0.462 e. The van der Waals surface area contributed by atoms with Gasteiger partial charge in [-0.3, -0.25) is 0 Å². The molecule has 1 aromatic heterocycles. The van der Waals surface area contributed by atoms with Crippen molar-refractivity contribution < 1.29 is 19.1 Å². The van der Waals surface area contributed by atoms with E-state index in [9.17, 15) is 9.59 Å². The fraction of sp³-hybridized carbons (Fsp3) is 0.588. The largest absolute Gasteiger partial charge is 0.462 e. The van der Waals surface area contributed by atoms with Gasteiger partial charge in [-0.2, -0.15) is 0 Å². The van der Waals surface area contributed by atoms with Crippen molar-refractivity contribution in [2.24, 2.45) is 0 Å². The molecule has 0 bridgehead atoms. The van der Waals surface area contributed by atoms with E-state index in [0.29, 0.717) is 32.7 Å². The number of anilines is 1. The second-order valence-corrected chi connectivity index (χ2v) is 7.17. The van der Waals surface area contributed by atoms with E-state index < -0.39 is 11.9 Å². The zero-order valence-electron chi connectivity index (χ0n) is 15.9. The van der Waals surface area contributed by atoms with E-state index in [1.54, 1.807) is 20.8 Å². The standard InChI is InChI=1S/C17H27N3O4S2/c1-6-23-15(21)12-11(3)13(16(22)24-7-2)26-14(12)19-17(25)18-9-8-10-20(4)5/h6-10H2,1-5H3,(H2,18,19,25). The van der Waals surface area contributed by atoms with Gasteiger partial charge >= 0.3 is 11.9 Å². The Labute approximate surface area is 164 Å². The summed E-state index contributed by atoms with van der Waals surface area (Å²) in [6, 6.07) is 0. The predicted molar refractivity (Wildman–Crippen MR) is 108 cm³/mol. The van der Waals surface area contributed by atoms with Crippen LogP contribution in [-0.2, 0) is 9.47 Å². The van der Waals surface area contributed by atoms with Crippen molar-refractivity contribution in [3.05, 3.63) is 16.0 Å². The molecule has 0 spiro atoms. The molecule has 0 radical (unpaired) electrons. The molecule has 2 N–H and O–H groups in total. The summed E-state index contributed by atoms with van der Waals surface area (Å²) < 4.78 is 10.2. The summed E-state index contributed by atoms with van der Waals surface area (Å²) >= 11 is 6.44. The highest BCUT2D eigenvalue weighted by molar-refractivity contribution is 7.80. The van der Waals surface area contributed by atoms with Crippen LogP contribution in [-0.4, -0.2) is 62.3 Å². The number of thiophene rings is 1. The third-order valence-electron chi connectivity index (χ3n) is 3.38. The van der Waals surface area contributed by atoms with Gasteiger partial charge in [-0.25, -0.2) is 9.59 Å². The Morgan fingerprint density at radius 1 is 1.15 bits per heavy atom. The first-order valence-electron chi connectivity index (χ1n) is 8.48. The highest BCUT2D eigenvalue weighted by Crippen LogP contribution is 2.34. The Bertz CT molecular complexity index is 644. The van der Waals surface area contributed by atoms with Crippen molar-refractivity contribution in [1.29, 1.82) is 0 Å². The Hall–Kier alpha value is -1.71. The fourth-order valence-corrected chi connectivity index (χ4v) is 3.55. The summed E-state index contributed by atoms with van der Waals surface area (Å²) in [6.07, 6.45) is 0.928. The maximum Gasteiger partial charge on any atom is 0.348 e. The minimum atomic E-state index is -0.491. The summed E-state index contributed by atoms with van der Waals surface area (Å²) in [7, 11) is 4.01. The van der Waals surface area contributed by atoms with Gasteiger partial charge in [-0.15, -0.1) is 11.3 Å². The van der Waals surface area contributed by atoms with Gasteiger partial charge in [0.1, 0.15) is 9.88 Å². The van der Waals surface area contributed by atoms with Crippen LogP contribution in [0.15, 0.2) is 0 Å². The van der Waals surface area contributed by atoms with E-state index in [4.69, 9.17) is 21.7 Å². The molecule has 0 aliphatic rings. The van der Waals surface area contributed by atoms with E-state index in [1.165, 1.54) is 0 Å². The molecule has 0 unspecified atom stereocenters. The molecule has 0 atom stereocenters. The number of carbonyl (C=O) groups excluding carboxylic acids is 2. The van der Waals surface area contributed by atoms with Crippen LogP contribution >= 0.6 is 23.6 Å². The normalized spacial score (nSPS) is 10.5. The van der Waals surface area contributed by atoms with E-state index in [-0.39, 0.29) is 13.2 Å². The molecule has 146 valence electrons. The summed E-state index contributed by atoms with van der Waals surface area (Å²) in [4.78, 5) is 26.9. The van der Waals surface area contributed by atoms with Crippen LogP contribution in [0.1, 0.15) is 45.9 Å². The Morgan fingerprint density at radius 3 is 2.35 bits per heavy atom. The number of hydrogen-bond acceptors (Lipinski definition) is 7. The summed E-state index contributed by atoms with van der Waals surface area (Å²) in [5.74, 6) is -0.951. The molecular weight excluding hydrogens is 374 g/mol. The third-order valence-corrected chi connectivity index (χ3v) is 4.82. The number of nitrogens with one attached hydrogen (secondary N) is 2. The van der Waals surface area contributed by atoms with Crippen molar-refractivity contribution in [3.8, 4) is 0 Å². The van der Waals surface area contributed by atoms with Crippen molar-refractivity contribution in [3.63, 3.8) is 0 Å². The number of ether oxygens (including phenoxy) is 2. The molecule has 0 amide bonds. The average molecular weight is 402 g/mol. The Morgan fingerprint density at radius 2 is 1.77 bits per heavy atom. The number of rotatable bonds is 9. The fourth-order valence-electron chi connectivity index (χ4n) is 2.19. The zero-order chi connectivity index (χ0) is 19.7. The molecule has 1 heterocycles. The lowest BCUT2D eigenvalue weighted by Gasteiger charge is -2.12. The summed E-state index contributed by atoms with van der Waals surface area (Å²) in [5.41, 5.74) is 0.849. The van der Waals surface area contributed by atoms with Gasteiger partial charge < -0.3 is 25.0 Å². The van der Waals surface area contributed by atoms with Gasteiger partial charge in [0.05, 0.1) is 18.8 Å². The number of nitrogens with zero attached hydrogens (tertiary/aromatic N) is 1. The zero-order valence-corrected chi connectivity index (χ0v) is 17.6. The highest BCUT2D eigenvalue weighted by atomic mass is 32.1. The Kier molecular flexibility index (Phi) is 9.53. The van der Waals surface area contributed by atoms with E-state index >= 15 is 0 Å². The predicted octanol–water partition coefficient (Wildman–Crippen LogP) is 2.65. The molecule has 0 saturated carbocycles. The van der Waals surface area contributed by atoms with Crippen LogP contribution in [0.25, 0.3) is 0 Å². The van der Waals surface area contributed by atoms with Gasteiger partial charge in [0.25, 0.3) is 0 Å². The van der Waals surface area contributed by atoms with Crippen molar-refractivity contribution >= 4 is 45.6 Å². The average Bonchev–Trinajstić information content (AvgIpc) is 2.88. The van der Waals surface area contributed by atoms with Crippen LogP contribution in [0.3, 0.4) is 0 Å². The van der Waals surface area contributed by atoms with Crippen LogP contribution in [0.2, 0.25) is 0 Å². The highest BCUT2D eigenvalue weighted by Gasteiger charge is 2.26. The van der Waals surface area contributed by atoms with Crippen molar-refractivity contribution in [2.45, 2.75) is 27.2 Å². The van der Waals surface area contributed by atoms with E-state index in [1.807, 2.05) is 14.1 Å². The quantitative estimate of drug-likeness (QED) is 0.371. The van der Waals surface area contributed by atoms with Crippen molar-refractivity contribution in [1.82, 2.24) is 10.2 Å². The lowest BCUT2D eigenvalue weighted by molar-refractivity contribution is 0.0527. The van der Waals surface area contributed by atoms with Gasteiger partial charge in [-0.05, 0) is 65.6 Å². The summed E-state index contributed by atoms with van der Waals surface area (Å²) in [6.45, 7) is 7.32. The lowest BCUT2D eigenvalue weighted by Crippen LogP contribution is -2.31. The van der Waals surface area contributed by atoms with Gasteiger partial charge in [0, 0.05) is 6.54 Å². The maximum atomic E-state index is 12.3. The third kappa shape index (κ3) is 6.54. The van der Waals surface area contributed by atoms with Crippen LogP contribution in [0.5, 0.6) is 0 Å². The van der Waals surface area contributed by atoms with E-state index in [0.717, 1.165) is 24.3 Å². The second kappa shape index (κ2) is 11.1. The van der Waals surface area contributed by atoms with E-state index in [2.05, 4.69) is 15.5 Å².